The van der Waals surface area contributed by atoms with Crippen LogP contribution in [-0.2, 0) is 0 Å². The van der Waals surface area contributed by atoms with Gasteiger partial charge in [-0.25, -0.2) is 0 Å². The van der Waals surface area contributed by atoms with Crippen molar-refractivity contribution in [1.29, 1.82) is 0 Å². The first-order valence-corrected chi connectivity index (χ1v) is 6.81. The highest BCUT2D eigenvalue weighted by molar-refractivity contribution is 7.80. The van der Waals surface area contributed by atoms with Crippen LogP contribution in [0, 0.1) is 16.7 Å². The highest BCUT2D eigenvalue weighted by Crippen LogP contribution is 2.68. The van der Waals surface area contributed by atoms with Gasteiger partial charge in [0.05, 0.1) is 0 Å². The third-order valence-corrected chi connectivity index (χ3v) is 5.24. The first-order chi connectivity index (χ1) is 8.26. The van der Waals surface area contributed by atoms with Crippen LogP contribution in [0.2, 0.25) is 0 Å². The highest BCUT2D eigenvalue weighted by Gasteiger charge is 2.63. The third-order valence-electron chi connectivity index (χ3n) is 5.00. The van der Waals surface area contributed by atoms with E-state index in [0.29, 0.717) is 15.8 Å². The van der Waals surface area contributed by atoms with E-state index in [1.807, 2.05) is 24.3 Å². The van der Waals surface area contributed by atoms with Gasteiger partial charge in [0.25, 0.3) is 0 Å². The summed E-state index contributed by atoms with van der Waals surface area (Å²) in [6, 6.07) is 8.01. The Kier molecular flexibility index (Phi) is 3.14. The number of benzene rings is 1. The van der Waals surface area contributed by atoms with E-state index in [9.17, 15) is 0 Å². The normalized spacial score (nSPS) is 20.4. The molecule has 0 atom stereocenters. The smallest absolute Gasteiger partial charge is 0.103 e. The number of hydrogen-bond donors (Lipinski definition) is 2. The van der Waals surface area contributed by atoms with Gasteiger partial charge in [-0.1, -0.05) is 39.9 Å². The predicted molar refractivity (Wildman–Crippen MR) is 81.9 cm³/mol. The largest absolute Gasteiger partial charge is 0.389 e. The Morgan fingerprint density at radius 1 is 1.17 bits per heavy atom. The summed E-state index contributed by atoms with van der Waals surface area (Å²) in [5, 5.41) is 3.50. The minimum atomic E-state index is 0.429. The van der Waals surface area contributed by atoms with Crippen LogP contribution >= 0.6 is 12.2 Å². The van der Waals surface area contributed by atoms with E-state index in [-0.39, 0.29) is 0 Å². The minimum Gasteiger partial charge on any atom is -0.389 e. The van der Waals surface area contributed by atoms with Gasteiger partial charge in [-0.15, -0.1) is 0 Å². The zero-order valence-corrected chi connectivity index (χ0v) is 12.4. The molecular weight excluding hydrogens is 240 g/mol. The Balaban J connectivity index is 1.94. The summed E-state index contributed by atoms with van der Waals surface area (Å²) >= 11 is 4.94. The van der Waals surface area contributed by atoms with Crippen molar-refractivity contribution in [1.82, 2.24) is 0 Å². The van der Waals surface area contributed by atoms with Crippen LogP contribution in [0.5, 0.6) is 0 Å². The van der Waals surface area contributed by atoms with E-state index in [2.05, 4.69) is 33.0 Å². The molecule has 0 saturated heterocycles. The van der Waals surface area contributed by atoms with Crippen molar-refractivity contribution in [3.63, 3.8) is 0 Å². The van der Waals surface area contributed by atoms with Gasteiger partial charge in [-0.3, -0.25) is 0 Å². The SMILES string of the molecule is CC1(C)C(CNc2ccc(C(N)=S)cc2)C1(C)C. The van der Waals surface area contributed by atoms with Crippen molar-refractivity contribution in [3.05, 3.63) is 29.8 Å². The maximum atomic E-state index is 5.58. The topological polar surface area (TPSA) is 38.0 Å². The number of anilines is 1. The highest BCUT2D eigenvalue weighted by atomic mass is 32.1. The van der Waals surface area contributed by atoms with Crippen LogP contribution in [0.4, 0.5) is 5.69 Å². The summed E-state index contributed by atoms with van der Waals surface area (Å²) in [6.45, 7) is 10.4. The Morgan fingerprint density at radius 3 is 2.06 bits per heavy atom. The minimum absolute atomic E-state index is 0.429. The molecule has 1 saturated carbocycles. The molecule has 0 bridgehead atoms. The molecule has 0 spiro atoms. The molecule has 0 aliphatic heterocycles. The molecule has 3 heteroatoms. The fourth-order valence-corrected chi connectivity index (χ4v) is 2.95. The van der Waals surface area contributed by atoms with E-state index in [0.717, 1.165) is 23.7 Å². The lowest BCUT2D eigenvalue weighted by Crippen LogP contribution is -2.10. The van der Waals surface area contributed by atoms with Gasteiger partial charge in [0.2, 0.25) is 0 Å². The summed E-state index contributed by atoms with van der Waals surface area (Å²) in [5.74, 6) is 0.722. The number of hydrogen-bond acceptors (Lipinski definition) is 2. The van der Waals surface area contributed by atoms with Crippen molar-refractivity contribution in [3.8, 4) is 0 Å². The average molecular weight is 262 g/mol. The van der Waals surface area contributed by atoms with Crippen molar-refractivity contribution >= 4 is 22.9 Å². The number of nitrogens with two attached hydrogens (primary N) is 1. The number of rotatable bonds is 4. The second-order valence-corrected chi connectivity index (χ2v) is 6.76. The molecule has 18 heavy (non-hydrogen) atoms. The molecule has 0 aromatic heterocycles. The van der Waals surface area contributed by atoms with Crippen molar-refractivity contribution < 1.29 is 0 Å². The molecular formula is C15H22N2S. The lowest BCUT2D eigenvalue weighted by atomic mass is 10.0. The van der Waals surface area contributed by atoms with Crippen LogP contribution in [0.15, 0.2) is 24.3 Å². The second-order valence-electron chi connectivity index (χ2n) is 6.32. The van der Waals surface area contributed by atoms with Gasteiger partial charge < -0.3 is 11.1 Å². The fourth-order valence-electron chi connectivity index (χ4n) is 2.82. The summed E-state index contributed by atoms with van der Waals surface area (Å²) < 4.78 is 0. The van der Waals surface area contributed by atoms with E-state index in [1.54, 1.807) is 0 Å². The Morgan fingerprint density at radius 2 is 1.67 bits per heavy atom. The number of nitrogens with one attached hydrogen (secondary N) is 1. The lowest BCUT2D eigenvalue weighted by molar-refractivity contribution is 0.457. The first kappa shape index (κ1) is 13.3. The van der Waals surface area contributed by atoms with Gasteiger partial charge in [0.15, 0.2) is 0 Å². The number of thiocarbonyl (C=S) groups is 1. The van der Waals surface area contributed by atoms with Crippen LogP contribution in [-0.4, -0.2) is 11.5 Å². The quantitative estimate of drug-likeness (QED) is 0.817. The van der Waals surface area contributed by atoms with Crippen LogP contribution < -0.4 is 11.1 Å². The van der Waals surface area contributed by atoms with Crippen LogP contribution in [0.3, 0.4) is 0 Å². The molecule has 0 heterocycles. The second kappa shape index (κ2) is 4.23. The van der Waals surface area contributed by atoms with Crippen LogP contribution in [0.25, 0.3) is 0 Å². The van der Waals surface area contributed by atoms with Gasteiger partial charge in [0, 0.05) is 17.8 Å². The molecule has 1 aromatic carbocycles. The molecule has 0 radical (unpaired) electrons. The maximum Gasteiger partial charge on any atom is 0.103 e. The lowest BCUT2D eigenvalue weighted by Gasteiger charge is -2.08. The summed E-state index contributed by atoms with van der Waals surface area (Å²) in [5.41, 5.74) is 8.49. The first-order valence-electron chi connectivity index (χ1n) is 6.40. The molecule has 0 amide bonds. The molecule has 2 rings (SSSR count). The molecule has 0 unspecified atom stereocenters. The zero-order valence-electron chi connectivity index (χ0n) is 11.6. The Labute approximate surface area is 115 Å². The molecule has 1 fully saturated rings. The van der Waals surface area contributed by atoms with Crippen molar-refractivity contribution in [2.75, 3.05) is 11.9 Å². The fraction of sp³-hybridized carbons (Fsp3) is 0.533. The third kappa shape index (κ3) is 2.12. The van der Waals surface area contributed by atoms with E-state index in [1.165, 1.54) is 0 Å². The van der Waals surface area contributed by atoms with Crippen molar-refractivity contribution in [2.45, 2.75) is 27.7 Å². The van der Waals surface area contributed by atoms with E-state index < -0.39 is 0 Å². The summed E-state index contributed by atoms with van der Waals surface area (Å²) in [7, 11) is 0. The summed E-state index contributed by atoms with van der Waals surface area (Å²) in [4.78, 5) is 0.450. The summed E-state index contributed by atoms with van der Waals surface area (Å²) in [6.07, 6.45) is 0. The van der Waals surface area contributed by atoms with Crippen molar-refractivity contribution in [2.24, 2.45) is 22.5 Å². The molecule has 1 aliphatic rings. The predicted octanol–water partition coefficient (Wildman–Crippen LogP) is 3.41. The van der Waals surface area contributed by atoms with Gasteiger partial charge >= 0.3 is 0 Å². The average Bonchev–Trinajstić information content (AvgIpc) is 2.67. The Bertz CT molecular complexity index is 446. The Hall–Kier alpha value is -1.09. The van der Waals surface area contributed by atoms with E-state index >= 15 is 0 Å². The molecule has 1 aromatic rings. The molecule has 98 valence electrons. The van der Waals surface area contributed by atoms with Gasteiger partial charge in [-0.05, 0) is 41.0 Å². The van der Waals surface area contributed by atoms with Crippen LogP contribution in [0.1, 0.15) is 33.3 Å². The maximum absolute atomic E-state index is 5.58. The molecule has 2 nitrogen and oxygen atoms in total. The van der Waals surface area contributed by atoms with Gasteiger partial charge in [0.1, 0.15) is 4.99 Å². The molecule has 3 N–H and O–H groups in total. The molecule has 1 aliphatic carbocycles. The van der Waals surface area contributed by atoms with E-state index in [4.69, 9.17) is 18.0 Å². The zero-order chi connectivity index (χ0) is 13.6. The standard InChI is InChI=1S/C15H22N2S/c1-14(2)12(15(14,3)4)9-17-11-7-5-10(6-8-11)13(16)18/h5-8,12,17H,9H2,1-4H3,(H2,16,18). The monoisotopic (exact) mass is 262 g/mol. The van der Waals surface area contributed by atoms with Gasteiger partial charge in [-0.2, -0.15) is 0 Å².